The van der Waals surface area contributed by atoms with E-state index in [0.717, 1.165) is 0 Å². The average Bonchev–Trinajstić information content (AvgIpc) is 3.15. The maximum atomic E-state index is 12.4. The minimum atomic E-state index is -0.628. The van der Waals surface area contributed by atoms with Gasteiger partial charge in [-0.25, -0.2) is 0 Å². The van der Waals surface area contributed by atoms with Crippen LogP contribution in [0.4, 0.5) is 5.69 Å². The van der Waals surface area contributed by atoms with Crippen molar-refractivity contribution in [2.75, 3.05) is 12.4 Å². The van der Waals surface area contributed by atoms with Crippen LogP contribution in [0.2, 0.25) is 0 Å². The van der Waals surface area contributed by atoms with Crippen LogP contribution in [0.5, 0.6) is 0 Å². The van der Waals surface area contributed by atoms with E-state index in [9.17, 15) is 9.59 Å². The second-order valence-corrected chi connectivity index (χ2v) is 5.89. The fraction of sp³-hybridized carbons (Fsp3) is 0.235. The van der Waals surface area contributed by atoms with E-state index >= 15 is 0 Å². The van der Waals surface area contributed by atoms with E-state index in [-0.39, 0.29) is 18.2 Å². The minimum Gasteiger partial charge on any atom is -0.467 e. The van der Waals surface area contributed by atoms with E-state index < -0.39 is 6.04 Å². The summed E-state index contributed by atoms with van der Waals surface area (Å²) in [6, 6.07) is 12.1. The van der Waals surface area contributed by atoms with Gasteiger partial charge >= 0.3 is 0 Å². The van der Waals surface area contributed by atoms with Gasteiger partial charge in [0.25, 0.3) is 5.91 Å². The maximum Gasteiger partial charge on any atom is 0.251 e. The lowest BCUT2D eigenvalue weighted by Crippen LogP contribution is -2.37. The molecule has 0 unspecified atom stereocenters. The van der Waals surface area contributed by atoms with Crippen molar-refractivity contribution in [2.24, 2.45) is 0 Å². The zero-order valence-corrected chi connectivity index (χ0v) is 14.0. The molecule has 1 atom stereocenters. The molecule has 0 bridgehead atoms. The number of furan rings is 1. The lowest BCUT2D eigenvalue weighted by Gasteiger charge is -2.22. The van der Waals surface area contributed by atoms with Gasteiger partial charge in [0.05, 0.1) is 19.2 Å². The van der Waals surface area contributed by atoms with Crippen molar-refractivity contribution in [1.29, 1.82) is 0 Å². The number of rotatable bonds is 5. The molecule has 1 aromatic heterocycles. The van der Waals surface area contributed by atoms with Gasteiger partial charge in [-0.1, -0.05) is 18.2 Å². The van der Waals surface area contributed by atoms with E-state index in [1.165, 1.54) is 4.90 Å². The second-order valence-electron chi connectivity index (χ2n) is 5.52. The molecule has 0 radical (unpaired) electrons. The highest BCUT2D eigenvalue weighted by Gasteiger charge is 2.41. The number of anilines is 1. The molecule has 0 spiro atoms. The van der Waals surface area contributed by atoms with Crippen molar-refractivity contribution in [2.45, 2.75) is 19.0 Å². The number of thiocarbonyl (C=S) groups is 1. The van der Waals surface area contributed by atoms with E-state index in [1.54, 1.807) is 36.4 Å². The Balaban J connectivity index is 1.72. The lowest BCUT2D eigenvalue weighted by atomic mass is 10.1. The van der Waals surface area contributed by atoms with Crippen LogP contribution in [0, 0.1) is 0 Å². The molecule has 7 heteroatoms. The van der Waals surface area contributed by atoms with Crippen LogP contribution >= 0.6 is 12.2 Å². The number of nitrogens with one attached hydrogen (secondary N) is 1. The van der Waals surface area contributed by atoms with Gasteiger partial charge in [0.15, 0.2) is 5.11 Å². The van der Waals surface area contributed by atoms with Crippen LogP contribution in [0.1, 0.15) is 12.2 Å². The van der Waals surface area contributed by atoms with Gasteiger partial charge in [-0.15, -0.1) is 0 Å². The number of nitrogens with zero attached hydrogens (tertiary/aromatic N) is 2. The van der Waals surface area contributed by atoms with Gasteiger partial charge in [0.1, 0.15) is 11.8 Å². The quantitative estimate of drug-likeness (QED) is 0.844. The summed E-state index contributed by atoms with van der Waals surface area (Å²) >= 11 is 5.33. The van der Waals surface area contributed by atoms with Crippen LogP contribution in [0.15, 0.2) is 53.1 Å². The van der Waals surface area contributed by atoms with Crippen LogP contribution in [0.3, 0.4) is 0 Å². The second kappa shape index (κ2) is 6.84. The molecule has 3 rings (SSSR count). The number of carbonyl (C=O) groups is 2. The molecule has 6 nitrogen and oxygen atoms in total. The lowest BCUT2D eigenvalue weighted by molar-refractivity contribution is -0.130. The predicted molar refractivity (Wildman–Crippen MR) is 93.1 cm³/mol. The molecular formula is C17H17N3O3S. The Hall–Kier alpha value is -2.67. The van der Waals surface area contributed by atoms with E-state index in [4.69, 9.17) is 16.6 Å². The first kappa shape index (κ1) is 16.2. The molecule has 24 heavy (non-hydrogen) atoms. The van der Waals surface area contributed by atoms with E-state index in [0.29, 0.717) is 23.1 Å². The summed E-state index contributed by atoms with van der Waals surface area (Å²) in [7, 11) is 1.62. The first-order chi connectivity index (χ1) is 11.6. The van der Waals surface area contributed by atoms with Gasteiger partial charge < -0.3 is 14.6 Å². The molecule has 1 aliphatic rings. The molecular weight excluding hydrogens is 326 g/mol. The Labute approximate surface area is 145 Å². The Bertz CT molecular complexity index is 746. The fourth-order valence-corrected chi connectivity index (χ4v) is 2.91. The van der Waals surface area contributed by atoms with Gasteiger partial charge in [0, 0.05) is 12.7 Å². The summed E-state index contributed by atoms with van der Waals surface area (Å²) in [4.78, 5) is 27.9. The molecule has 1 aromatic carbocycles. The summed E-state index contributed by atoms with van der Waals surface area (Å²) < 4.78 is 5.33. The van der Waals surface area contributed by atoms with Crippen LogP contribution < -0.4 is 5.32 Å². The SMILES string of the molecule is CN1C(=O)[C@@H](CC(=O)Nc2ccccc2)N(Cc2ccco2)C1=S. The number of carbonyl (C=O) groups excluding carboxylic acids is 2. The summed E-state index contributed by atoms with van der Waals surface area (Å²) in [5.74, 6) is 0.269. The summed E-state index contributed by atoms with van der Waals surface area (Å²) in [5.41, 5.74) is 0.696. The average molecular weight is 343 g/mol. The topological polar surface area (TPSA) is 65.8 Å². The number of para-hydroxylation sites is 1. The minimum absolute atomic E-state index is 0.0267. The Morgan fingerprint density at radius 1 is 1.25 bits per heavy atom. The van der Waals surface area contributed by atoms with Crippen LogP contribution in [-0.4, -0.2) is 39.8 Å². The molecule has 1 fully saturated rings. The molecule has 1 N–H and O–H groups in total. The van der Waals surface area contributed by atoms with Crippen LogP contribution in [0.25, 0.3) is 0 Å². The van der Waals surface area contributed by atoms with Crippen molar-refractivity contribution in [3.63, 3.8) is 0 Å². The molecule has 0 saturated carbocycles. The Kier molecular flexibility index (Phi) is 4.61. The van der Waals surface area contributed by atoms with Crippen LogP contribution in [-0.2, 0) is 16.1 Å². The first-order valence-corrected chi connectivity index (χ1v) is 7.92. The zero-order chi connectivity index (χ0) is 17.1. The largest absolute Gasteiger partial charge is 0.467 e. The smallest absolute Gasteiger partial charge is 0.251 e. The highest BCUT2D eigenvalue weighted by atomic mass is 32.1. The van der Waals surface area contributed by atoms with Crippen molar-refractivity contribution in [3.8, 4) is 0 Å². The third kappa shape index (κ3) is 3.30. The maximum absolute atomic E-state index is 12.4. The number of likely N-dealkylation sites (N-methyl/N-ethyl adjacent to an activating group) is 1. The molecule has 1 aliphatic heterocycles. The highest BCUT2D eigenvalue weighted by Crippen LogP contribution is 2.22. The molecule has 124 valence electrons. The molecule has 0 aliphatic carbocycles. The van der Waals surface area contributed by atoms with Gasteiger partial charge in [0.2, 0.25) is 5.91 Å². The normalized spacial score (nSPS) is 17.5. The Morgan fingerprint density at radius 3 is 2.67 bits per heavy atom. The number of amides is 2. The molecule has 2 heterocycles. The standard InChI is InChI=1S/C17H17N3O3S/c1-19-16(22)14(10-15(21)18-12-6-3-2-4-7-12)20(17(19)24)11-13-8-5-9-23-13/h2-9,14H,10-11H2,1H3,(H,18,21)/t14-/m1/s1. The predicted octanol–water partition coefficient (Wildman–Crippen LogP) is 2.24. The monoisotopic (exact) mass is 343 g/mol. The van der Waals surface area contributed by atoms with Crippen molar-refractivity contribution in [1.82, 2.24) is 9.80 Å². The number of hydrogen-bond donors (Lipinski definition) is 1. The Morgan fingerprint density at radius 2 is 2.00 bits per heavy atom. The van der Waals surface area contributed by atoms with Gasteiger partial charge in [-0.2, -0.15) is 0 Å². The number of hydrogen-bond acceptors (Lipinski definition) is 4. The fourth-order valence-electron chi connectivity index (χ4n) is 2.63. The van der Waals surface area contributed by atoms with E-state index in [1.807, 2.05) is 24.3 Å². The summed E-state index contributed by atoms with van der Waals surface area (Å²) in [6.07, 6.45) is 1.59. The zero-order valence-electron chi connectivity index (χ0n) is 13.1. The van der Waals surface area contributed by atoms with Gasteiger partial charge in [-0.3, -0.25) is 14.5 Å². The van der Waals surface area contributed by atoms with Crippen molar-refractivity contribution in [3.05, 3.63) is 54.5 Å². The number of benzene rings is 1. The first-order valence-electron chi connectivity index (χ1n) is 7.51. The third-order valence-corrected chi connectivity index (χ3v) is 4.38. The summed E-state index contributed by atoms with van der Waals surface area (Å²) in [6.45, 7) is 0.352. The third-order valence-electron chi connectivity index (χ3n) is 3.87. The molecule has 1 saturated heterocycles. The molecule has 2 amide bonds. The van der Waals surface area contributed by atoms with Crippen molar-refractivity contribution >= 4 is 34.8 Å². The molecule has 2 aromatic rings. The van der Waals surface area contributed by atoms with Crippen molar-refractivity contribution < 1.29 is 14.0 Å². The summed E-state index contributed by atoms with van der Waals surface area (Å²) in [5, 5.41) is 3.19. The van der Waals surface area contributed by atoms with E-state index in [2.05, 4.69) is 5.32 Å². The highest BCUT2D eigenvalue weighted by molar-refractivity contribution is 7.80. The van der Waals surface area contributed by atoms with Gasteiger partial charge in [-0.05, 0) is 36.5 Å².